The molecule has 0 spiro atoms. The number of rotatable bonds is 3. The molecule has 146 valence electrons. The van der Waals surface area contributed by atoms with Crippen molar-refractivity contribution < 1.29 is 31.1 Å². The van der Waals surface area contributed by atoms with Gasteiger partial charge < -0.3 is 5.32 Å². The molecule has 0 unspecified atom stereocenters. The van der Waals surface area contributed by atoms with E-state index in [1.807, 2.05) is 0 Å². The number of carbonyl (C=O) groups is 1. The fourth-order valence-corrected chi connectivity index (χ4v) is 2.34. The summed E-state index contributed by atoms with van der Waals surface area (Å²) in [7, 11) is 0. The molecule has 1 N–H and O–H groups in total. The fourth-order valence-electron chi connectivity index (χ4n) is 2.34. The van der Waals surface area contributed by atoms with E-state index in [0.717, 1.165) is 0 Å². The van der Waals surface area contributed by atoms with Gasteiger partial charge in [-0.2, -0.15) is 31.4 Å². The zero-order valence-electron chi connectivity index (χ0n) is 13.7. The molecule has 1 aromatic heterocycles. The Morgan fingerprint density at radius 1 is 0.893 bits per heavy atom. The lowest BCUT2D eigenvalue weighted by molar-refractivity contribution is -0.143. The van der Waals surface area contributed by atoms with Crippen LogP contribution < -0.4 is 5.32 Å². The SMILES string of the molecule is O=C(Nc1cc(C(F)(F)F)cc(C(F)(F)F)c1)c1ccc(-n2cncn2)cc1. The van der Waals surface area contributed by atoms with Crippen molar-refractivity contribution in [2.45, 2.75) is 12.4 Å². The molecule has 0 fully saturated rings. The maximum Gasteiger partial charge on any atom is 0.416 e. The molecule has 0 aliphatic heterocycles. The molecule has 0 aliphatic rings. The second-order valence-corrected chi connectivity index (χ2v) is 5.64. The van der Waals surface area contributed by atoms with Gasteiger partial charge in [0.05, 0.1) is 16.8 Å². The fraction of sp³-hybridized carbons (Fsp3) is 0.118. The van der Waals surface area contributed by atoms with E-state index in [9.17, 15) is 31.1 Å². The van der Waals surface area contributed by atoms with Crippen LogP contribution in [0.2, 0.25) is 0 Å². The lowest BCUT2D eigenvalue weighted by Gasteiger charge is -2.15. The maximum absolute atomic E-state index is 12.9. The number of nitrogens with zero attached hydrogens (tertiary/aromatic N) is 3. The molecule has 0 saturated heterocycles. The van der Waals surface area contributed by atoms with Crippen LogP contribution in [0.25, 0.3) is 5.69 Å². The van der Waals surface area contributed by atoms with Gasteiger partial charge in [0.1, 0.15) is 12.7 Å². The van der Waals surface area contributed by atoms with Gasteiger partial charge in [0, 0.05) is 11.3 Å². The normalized spacial score (nSPS) is 12.1. The lowest BCUT2D eigenvalue weighted by Crippen LogP contribution is -2.16. The summed E-state index contributed by atoms with van der Waals surface area (Å²) in [4.78, 5) is 16.0. The van der Waals surface area contributed by atoms with Crippen LogP contribution in [0.1, 0.15) is 21.5 Å². The topological polar surface area (TPSA) is 59.8 Å². The van der Waals surface area contributed by atoms with Gasteiger partial charge >= 0.3 is 12.4 Å². The minimum absolute atomic E-state index is 0.0113. The molecule has 0 saturated carbocycles. The van der Waals surface area contributed by atoms with E-state index in [1.54, 1.807) is 0 Å². The van der Waals surface area contributed by atoms with Crippen LogP contribution in [0.4, 0.5) is 32.0 Å². The first-order chi connectivity index (χ1) is 13.0. The van der Waals surface area contributed by atoms with Crippen molar-refractivity contribution in [3.63, 3.8) is 0 Å². The molecule has 3 rings (SSSR count). The average molecular weight is 400 g/mol. The Morgan fingerprint density at radius 2 is 1.46 bits per heavy atom. The summed E-state index contributed by atoms with van der Waals surface area (Å²) in [5.74, 6) is -0.863. The molecule has 1 heterocycles. The van der Waals surface area contributed by atoms with Gasteiger partial charge in [-0.1, -0.05) is 0 Å². The van der Waals surface area contributed by atoms with E-state index in [-0.39, 0.29) is 11.6 Å². The molecule has 1 amide bonds. The molecule has 0 atom stereocenters. The van der Waals surface area contributed by atoms with Gasteiger partial charge in [0.25, 0.3) is 5.91 Å². The van der Waals surface area contributed by atoms with E-state index < -0.39 is 35.1 Å². The van der Waals surface area contributed by atoms with Crippen molar-refractivity contribution in [2.24, 2.45) is 0 Å². The van der Waals surface area contributed by atoms with Crippen molar-refractivity contribution in [2.75, 3.05) is 5.32 Å². The summed E-state index contributed by atoms with van der Waals surface area (Å²) in [6, 6.07) is 6.57. The predicted octanol–water partition coefficient (Wildman–Crippen LogP) is 4.56. The Bertz CT molecular complexity index is 946. The first-order valence-corrected chi connectivity index (χ1v) is 7.60. The van der Waals surface area contributed by atoms with Gasteiger partial charge in [0.15, 0.2) is 0 Å². The molecule has 0 bridgehead atoms. The van der Waals surface area contributed by atoms with Crippen LogP contribution >= 0.6 is 0 Å². The Balaban J connectivity index is 1.87. The zero-order chi connectivity index (χ0) is 20.5. The highest BCUT2D eigenvalue weighted by atomic mass is 19.4. The van der Waals surface area contributed by atoms with Crippen molar-refractivity contribution in [3.8, 4) is 5.69 Å². The smallest absolute Gasteiger partial charge is 0.322 e. The van der Waals surface area contributed by atoms with Gasteiger partial charge in [-0.3, -0.25) is 4.79 Å². The van der Waals surface area contributed by atoms with E-state index >= 15 is 0 Å². The third-order valence-corrected chi connectivity index (χ3v) is 3.66. The van der Waals surface area contributed by atoms with Crippen LogP contribution in [0.3, 0.4) is 0 Å². The highest BCUT2D eigenvalue weighted by molar-refractivity contribution is 6.04. The summed E-state index contributed by atoms with van der Waals surface area (Å²) in [5, 5.41) is 5.95. The molecular formula is C17H10F6N4O. The minimum Gasteiger partial charge on any atom is -0.322 e. The molecular weight excluding hydrogens is 390 g/mol. The second kappa shape index (κ2) is 6.98. The number of carbonyl (C=O) groups excluding carboxylic acids is 1. The van der Waals surface area contributed by atoms with Crippen molar-refractivity contribution in [1.29, 1.82) is 0 Å². The number of amides is 1. The number of halogens is 6. The summed E-state index contributed by atoms with van der Waals surface area (Å²) in [5.41, 5.74) is -3.05. The third kappa shape index (κ3) is 4.30. The second-order valence-electron chi connectivity index (χ2n) is 5.64. The van der Waals surface area contributed by atoms with Crippen LogP contribution in [0, 0.1) is 0 Å². The standard InChI is InChI=1S/C17H10F6N4O/c18-16(19,20)11-5-12(17(21,22)23)7-13(6-11)26-15(28)10-1-3-14(4-2-10)27-9-24-8-25-27/h1-9H,(H,26,28). The Morgan fingerprint density at radius 3 is 1.93 bits per heavy atom. The highest BCUT2D eigenvalue weighted by Gasteiger charge is 2.37. The Labute approximate surface area is 153 Å². The van der Waals surface area contributed by atoms with Gasteiger partial charge in [-0.15, -0.1) is 0 Å². The monoisotopic (exact) mass is 400 g/mol. The number of hydrogen-bond acceptors (Lipinski definition) is 3. The van der Waals surface area contributed by atoms with E-state index in [0.29, 0.717) is 17.8 Å². The van der Waals surface area contributed by atoms with Crippen LogP contribution in [0.15, 0.2) is 55.1 Å². The molecule has 3 aromatic rings. The largest absolute Gasteiger partial charge is 0.416 e. The maximum atomic E-state index is 12.9. The summed E-state index contributed by atoms with van der Waals surface area (Å²) >= 11 is 0. The predicted molar refractivity (Wildman–Crippen MR) is 85.8 cm³/mol. The summed E-state index contributed by atoms with van der Waals surface area (Å²) < 4.78 is 78.7. The Hall–Kier alpha value is -3.37. The molecule has 0 aliphatic carbocycles. The van der Waals surface area contributed by atoms with Gasteiger partial charge in [-0.05, 0) is 42.5 Å². The third-order valence-electron chi connectivity index (χ3n) is 3.66. The van der Waals surface area contributed by atoms with E-state index in [4.69, 9.17) is 0 Å². The van der Waals surface area contributed by atoms with Gasteiger partial charge in [-0.25, -0.2) is 9.67 Å². The number of anilines is 1. The lowest BCUT2D eigenvalue weighted by atomic mass is 10.1. The average Bonchev–Trinajstić information content (AvgIpc) is 3.15. The first-order valence-electron chi connectivity index (χ1n) is 7.60. The molecule has 2 aromatic carbocycles. The number of benzene rings is 2. The molecule has 11 heteroatoms. The number of aromatic nitrogens is 3. The Kier molecular flexibility index (Phi) is 4.84. The van der Waals surface area contributed by atoms with Crippen LogP contribution in [0.5, 0.6) is 0 Å². The van der Waals surface area contributed by atoms with Crippen molar-refractivity contribution in [3.05, 3.63) is 71.8 Å². The van der Waals surface area contributed by atoms with Crippen LogP contribution in [-0.2, 0) is 12.4 Å². The van der Waals surface area contributed by atoms with Crippen molar-refractivity contribution in [1.82, 2.24) is 14.8 Å². The van der Waals surface area contributed by atoms with Gasteiger partial charge in [0.2, 0.25) is 0 Å². The molecule has 0 radical (unpaired) electrons. The highest BCUT2D eigenvalue weighted by Crippen LogP contribution is 2.37. The first kappa shape index (κ1) is 19.4. The van der Waals surface area contributed by atoms with Crippen molar-refractivity contribution >= 4 is 11.6 Å². The number of nitrogens with one attached hydrogen (secondary N) is 1. The van der Waals surface area contributed by atoms with E-state index in [1.165, 1.54) is 41.6 Å². The quantitative estimate of drug-likeness (QED) is 0.656. The number of alkyl halides is 6. The summed E-state index contributed by atoms with van der Waals surface area (Å²) in [6.07, 6.45) is -7.29. The number of hydrogen-bond donors (Lipinski definition) is 1. The van der Waals surface area contributed by atoms with Crippen LogP contribution in [-0.4, -0.2) is 20.7 Å². The van der Waals surface area contributed by atoms with E-state index in [2.05, 4.69) is 15.4 Å². The molecule has 28 heavy (non-hydrogen) atoms. The summed E-state index contributed by atoms with van der Waals surface area (Å²) in [6.45, 7) is 0. The molecule has 5 nitrogen and oxygen atoms in total. The zero-order valence-corrected chi connectivity index (χ0v) is 13.7. The minimum atomic E-state index is -5.00.